The van der Waals surface area contributed by atoms with Crippen LogP contribution in [0, 0.1) is 13.8 Å². The van der Waals surface area contributed by atoms with Crippen LogP contribution in [0.15, 0.2) is 42.5 Å². The lowest BCUT2D eigenvalue weighted by molar-refractivity contribution is -0.127. The molecule has 146 valence electrons. The van der Waals surface area contributed by atoms with E-state index in [1.165, 1.54) is 0 Å². The SMILES string of the molecule is Cc1ccc(C(=O)c2ccccc2C(=O)NCCCN2CCCC2=O)cc1C. The van der Waals surface area contributed by atoms with E-state index in [1.807, 2.05) is 30.9 Å². The number of ketones is 1. The smallest absolute Gasteiger partial charge is 0.252 e. The lowest BCUT2D eigenvalue weighted by Crippen LogP contribution is -2.31. The lowest BCUT2D eigenvalue weighted by atomic mass is 9.95. The van der Waals surface area contributed by atoms with E-state index in [0.717, 1.165) is 24.1 Å². The number of likely N-dealkylation sites (tertiary alicyclic amines) is 1. The average Bonchev–Trinajstić information content (AvgIpc) is 3.11. The summed E-state index contributed by atoms with van der Waals surface area (Å²) < 4.78 is 0. The van der Waals surface area contributed by atoms with E-state index in [2.05, 4.69) is 5.32 Å². The Bertz CT molecular complexity index is 904. The molecule has 0 atom stereocenters. The van der Waals surface area contributed by atoms with Crippen LogP contribution in [0.1, 0.15) is 56.7 Å². The fourth-order valence-electron chi connectivity index (χ4n) is 3.42. The highest BCUT2D eigenvalue weighted by Gasteiger charge is 2.20. The van der Waals surface area contributed by atoms with E-state index in [9.17, 15) is 14.4 Å². The van der Waals surface area contributed by atoms with Crippen LogP contribution in [0.25, 0.3) is 0 Å². The van der Waals surface area contributed by atoms with Gasteiger partial charge in [0.2, 0.25) is 5.91 Å². The maximum absolute atomic E-state index is 13.0. The molecule has 28 heavy (non-hydrogen) atoms. The number of carbonyl (C=O) groups excluding carboxylic acids is 3. The highest BCUT2D eigenvalue weighted by atomic mass is 16.2. The molecule has 5 heteroatoms. The van der Waals surface area contributed by atoms with Gasteiger partial charge in [0.1, 0.15) is 0 Å². The molecule has 1 saturated heterocycles. The zero-order chi connectivity index (χ0) is 20.1. The molecular formula is C23H26N2O3. The van der Waals surface area contributed by atoms with Crippen molar-refractivity contribution in [1.29, 1.82) is 0 Å². The monoisotopic (exact) mass is 378 g/mol. The van der Waals surface area contributed by atoms with E-state index in [4.69, 9.17) is 0 Å². The maximum Gasteiger partial charge on any atom is 0.252 e. The third kappa shape index (κ3) is 4.47. The molecule has 3 rings (SSSR count). The summed E-state index contributed by atoms with van der Waals surface area (Å²) in [5, 5.41) is 2.88. The Morgan fingerprint density at radius 3 is 2.46 bits per heavy atom. The number of nitrogens with one attached hydrogen (secondary N) is 1. The van der Waals surface area contributed by atoms with E-state index < -0.39 is 0 Å². The quantitative estimate of drug-likeness (QED) is 0.594. The van der Waals surface area contributed by atoms with E-state index >= 15 is 0 Å². The summed E-state index contributed by atoms with van der Waals surface area (Å²) in [5.41, 5.74) is 3.53. The molecule has 0 aliphatic carbocycles. The second kappa shape index (κ2) is 8.83. The minimum absolute atomic E-state index is 0.156. The van der Waals surface area contributed by atoms with Gasteiger partial charge in [-0.2, -0.15) is 0 Å². The molecule has 1 aliphatic heterocycles. The maximum atomic E-state index is 13.0. The summed E-state index contributed by atoms with van der Waals surface area (Å²) >= 11 is 0. The van der Waals surface area contributed by atoms with Gasteiger partial charge in [-0.15, -0.1) is 0 Å². The zero-order valence-corrected chi connectivity index (χ0v) is 16.5. The molecule has 0 spiro atoms. The van der Waals surface area contributed by atoms with Crippen LogP contribution in [0.5, 0.6) is 0 Å². The molecule has 1 heterocycles. The molecule has 0 unspecified atom stereocenters. The molecule has 0 saturated carbocycles. The van der Waals surface area contributed by atoms with Crippen LogP contribution in [-0.2, 0) is 4.79 Å². The zero-order valence-electron chi connectivity index (χ0n) is 16.5. The first kappa shape index (κ1) is 19.8. The molecule has 1 N–H and O–H groups in total. The number of hydrogen-bond acceptors (Lipinski definition) is 3. The summed E-state index contributed by atoms with van der Waals surface area (Å²) in [7, 11) is 0. The van der Waals surface area contributed by atoms with Gasteiger partial charge in [-0.1, -0.05) is 30.3 Å². The summed E-state index contributed by atoms with van der Waals surface area (Å²) in [5.74, 6) is -0.229. The van der Waals surface area contributed by atoms with Crippen molar-refractivity contribution in [2.24, 2.45) is 0 Å². The first-order valence-corrected chi connectivity index (χ1v) is 9.74. The average molecular weight is 378 g/mol. The van der Waals surface area contributed by atoms with Crippen molar-refractivity contribution in [2.75, 3.05) is 19.6 Å². The predicted molar refractivity (Wildman–Crippen MR) is 109 cm³/mol. The van der Waals surface area contributed by atoms with Crippen LogP contribution in [0.4, 0.5) is 0 Å². The van der Waals surface area contributed by atoms with Gasteiger partial charge in [-0.25, -0.2) is 0 Å². The van der Waals surface area contributed by atoms with E-state index in [-0.39, 0.29) is 17.6 Å². The largest absolute Gasteiger partial charge is 0.352 e. The van der Waals surface area contributed by atoms with Gasteiger partial charge < -0.3 is 10.2 Å². The van der Waals surface area contributed by atoms with E-state index in [0.29, 0.717) is 42.6 Å². The molecular weight excluding hydrogens is 352 g/mol. The Morgan fingerprint density at radius 2 is 1.79 bits per heavy atom. The summed E-state index contributed by atoms with van der Waals surface area (Å²) in [6, 6.07) is 12.5. The Balaban J connectivity index is 1.65. The number of nitrogens with zero attached hydrogens (tertiary/aromatic N) is 1. The summed E-state index contributed by atoms with van der Waals surface area (Å²) in [6.07, 6.45) is 2.24. The van der Waals surface area contributed by atoms with Crippen LogP contribution >= 0.6 is 0 Å². The van der Waals surface area contributed by atoms with Gasteiger partial charge in [0.05, 0.1) is 5.56 Å². The second-order valence-corrected chi connectivity index (χ2v) is 7.27. The van der Waals surface area contributed by atoms with Crippen molar-refractivity contribution in [3.63, 3.8) is 0 Å². The van der Waals surface area contributed by atoms with Crippen LogP contribution in [0.2, 0.25) is 0 Å². The number of hydrogen-bond donors (Lipinski definition) is 1. The van der Waals surface area contributed by atoms with Crippen molar-refractivity contribution < 1.29 is 14.4 Å². The molecule has 2 amide bonds. The molecule has 1 aliphatic rings. The van der Waals surface area contributed by atoms with Crippen molar-refractivity contribution in [2.45, 2.75) is 33.1 Å². The summed E-state index contributed by atoms with van der Waals surface area (Å²) in [4.78, 5) is 39.1. The van der Waals surface area contributed by atoms with Gasteiger partial charge in [-0.05, 0) is 49.9 Å². The number of rotatable bonds is 7. The lowest BCUT2D eigenvalue weighted by Gasteiger charge is -2.15. The molecule has 2 aromatic carbocycles. The number of benzene rings is 2. The van der Waals surface area contributed by atoms with Gasteiger partial charge in [0, 0.05) is 37.2 Å². The van der Waals surface area contributed by atoms with Crippen molar-refractivity contribution >= 4 is 17.6 Å². The first-order chi connectivity index (χ1) is 13.5. The Labute approximate surface area is 165 Å². The fourth-order valence-corrected chi connectivity index (χ4v) is 3.42. The van der Waals surface area contributed by atoms with Crippen LogP contribution in [0.3, 0.4) is 0 Å². The fraction of sp³-hybridized carbons (Fsp3) is 0.348. The Morgan fingerprint density at radius 1 is 1.04 bits per heavy atom. The molecule has 2 aromatic rings. The number of amides is 2. The Hall–Kier alpha value is -2.95. The van der Waals surface area contributed by atoms with Gasteiger partial charge in [0.15, 0.2) is 5.78 Å². The molecule has 5 nitrogen and oxygen atoms in total. The van der Waals surface area contributed by atoms with E-state index in [1.54, 1.807) is 30.3 Å². The highest BCUT2D eigenvalue weighted by Crippen LogP contribution is 2.17. The second-order valence-electron chi connectivity index (χ2n) is 7.27. The van der Waals surface area contributed by atoms with Crippen molar-refractivity contribution in [1.82, 2.24) is 10.2 Å². The molecule has 0 aromatic heterocycles. The third-order valence-electron chi connectivity index (χ3n) is 5.25. The number of carbonyl (C=O) groups is 3. The number of aryl methyl sites for hydroxylation is 2. The molecule has 1 fully saturated rings. The minimum atomic E-state index is -0.263. The van der Waals surface area contributed by atoms with Crippen molar-refractivity contribution in [3.05, 3.63) is 70.3 Å². The van der Waals surface area contributed by atoms with Crippen LogP contribution < -0.4 is 5.32 Å². The predicted octanol–water partition coefficient (Wildman–Crippen LogP) is 3.28. The van der Waals surface area contributed by atoms with Crippen molar-refractivity contribution in [3.8, 4) is 0 Å². The summed E-state index contributed by atoms with van der Waals surface area (Å²) in [6.45, 7) is 5.90. The van der Waals surface area contributed by atoms with Gasteiger partial charge in [0.25, 0.3) is 5.91 Å². The molecule has 0 radical (unpaired) electrons. The highest BCUT2D eigenvalue weighted by molar-refractivity contribution is 6.15. The Kier molecular flexibility index (Phi) is 6.24. The minimum Gasteiger partial charge on any atom is -0.352 e. The van der Waals surface area contributed by atoms with Gasteiger partial charge >= 0.3 is 0 Å². The third-order valence-corrected chi connectivity index (χ3v) is 5.25. The normalized spacial score (nSPS) is 13.6. The standard InChI is InChI=1S/C23H26N2O3/c1-16-10-11-18(15-17(16)2)22(27)19-7-3-4-8-20(19)23(28)24-12-6-14-25-13-5-9-21(25)26/h3-4,7-8,10-11,15H,5-6,9,12-14H2,1-2H3,(H,24,28). The van der Waals surface area contributed by atoms with Crippen LogP contribution in [-0.4, -0.2) is 42.1 Å². The van der Waals surface area contributed by atoms with Gasteiger partial charge in [-0.3, -0.25) is 14.4 Å². The molecule has 0 bridgehead atoms. The first-order valence-electron chi connectivity index (χ1n) is 9.74. The topological polar surface area (TPSA) is 66.5 Å².